The molecule has 17 heavy (non-hydrogen) atoms. The van der Waals surface area contributed by atoms with Gasteiger partial charge in [-0.05, 0) is 32.3 Å². The van der Waals surface area contributed by atoms with Crippen molar-refractivity contribution < 1.29 is 9.84 Å². The smallest absolute Gasteiger partial charge is 0.125 e. The quantitative estimate of drug-likeness (QED) is 0.841. The molecule has 1 aliphatic rings. The van der Waals surface area contributed by atoms with Crippen molar-refractivity contribution in [3.05, 3.63) is 29.8 Å². The molecule has 2 rings (SSSR count). The number of aliphatic hydroxyl groups is 1. The zero-order chi connectivity index (χ0) is 12.3. The molecule has 94 valence electrons. The molecule has 0 saturated heterocycles. The van der Waals surface area contributed by atoms with Gasteiger partial charge >= 0.3 is 0 Å². The van der Waals surface area contributed by atoms with E-state index in [-0.39, 0.29) is 12.2 Å². The molecule has 1 N–H and O–H groups in total. The van der Waals surface area contributed by atoms with Gasteiger partial charge in [0.15, 0.2) is 0 Å². The van der Waals surface area contributed by atoms with Crippen LogP contribution in [0.4, 0.5) is 0 Å². The topological polar surface area (TPSA) is 29.5 Å². The predicted molar refractivity (Wildman–Crippen MR) is 69.1 cm³/mol. The van der Waals surface area contributed by atoms with Gasteiger partial charge in [0.25, 0.3) is 0 Å². The highest BCUT2D eigenvalue weighted by Crippen LogP contribution is 2.37. The Balaban J connectivity index is 2.06. The molecule has 1 aromatic rings. The van der Waals surface area contributed by atoms with Gasteiger partial charge in [0.1, 0.15) is 5.75 Å². The molecule has 0 spiro atoms. The fraction of sp³-hybridized carbons (Fsp3) is 0.600. The summed E-state index contributed by atoms with van der Waals surface area (Å²) in [5, 5.41) is 10.3. The second-order valence-electron chi connectivity index (χ2n) is 5.25. The van der Waals surface area contributed by atoms with Crippen LogP contribution < -0.4 is 4.74 Å². The maximum atomic E-state index is 10.3. The average molecular weight is 234 g/mol. The van der Waals surface area contributed by atoms with Gasteiger partial charge in [-0.1, -0.05) is 37.5 Å². The third-order valence-electron chi connectivity index (χ3n) is 3.42. The molecule has 1 atom stereocenters. The Labute approximate surface area is 104 Å². The van der Waals surface area contributed by atoms with Crippen molar-refractivity contribution in [2.45, 2.75) is 51.7 Å². The van der Waals surface area contributed by atoms with Crippen LogP contribution in [-0.2, 0) is 0 Å². The fourth-order valence-corrected chi connectivity index (χ4v) is 2.29. The van der Waals surface area contributed by atoms with Crippen LogP contribution in [0.2, 0.25) is 0 Å². The summed E-state index contributed by atoms with van der Waals surface area (Å²) < 4.78 is 5.74. The van der Waals surface area contributed by atoms with E-state index < -0.39 is 0 Å². The van der Waals surface area contributed by atoms with Crippen molar-refractivity contribution in [1.29, 1.82) is 0 Å². The highest BCUT2D eigenvalue weighted by molar-refractivity contribution is 5.35. The fourth-order valence-electron chi connectivity index (χ4n) is 2.29. The number of aliphatic hydroxyl groups excluding tert-OH is 1. The molecular weight excluding hydrogens is 212 g/mol. The zero-order valence-electron chi connectivity index (χ0n) is 10.7. The van der Waals surface area contributed by atoms with E-state index in [9.17, 15) is 5.11 Å². The molecule has 0 radical (unpaired) electrons. The zero-order valence-corrected chi connectivity index (χ0v) is 10.7. The van der Waals surface area contributed by atoms with Gasteiger partial charge in [0.05, 0.1) is 12.2 Å². The van der Waals surface area contributed by atoms with Crippen LogP contribution in [0.5, 0.6) is 5.75 Å². The van der Waals surface area contributed by atoms with Gasteiger partial charge in [-0.25, -0.2) is 0 Å². The molecule has 1 saturated carbocycles. The lowest BCUT2D eigenvalue weighted by molar-refractivity contribution is 0.113. The van der Waals surface area contributed by atoms with Crippen molar-refractivity contribution in [1.82, 2.24) is 0 Å². The Hall–Kier alpha value is -1.02. The minimum atomic E-state index is -0.379. The predicted octanol–water partition coefficient (Wildman–Crippen LogP) is 3.70. The van der Waals surface area contributed by atoms with Gasteiger partial charge in [-0.2, -0.15) is 0 Å². The molecule has 0 bridgehead atoms. The van der Waals surface area contributed by atoms with E-state index in [2.05, 4.69) is 0 Å². The van der Waals surface area contributed by atoms with E-state index in [1.54, 1.807) is 0 Å². The molecule has 1 aromatic carbocycles. The second kappa shape index (κ2) is 5.54. The Kier molecular flexibility index (Phi) is 4.06. The molecule has 1 aliphatic carbocycles. The summed E-state index contributed by atoms with van der Waals surface area (Å²) in [5.41, 5.74) is 0.938. The number of hydrogen-bond donors (Lipinski definition) is 1. The molecule has 1 unspecified atom stereocenters. The summed E-state index contributed by atoms with van der Waals surface area (Å²) in [7, 11) is 0. The first-order valence-corrected chi connectivity index (χ1v) is 6.60. The number of benzene rings is 1. The SMILES string of the molecule is CC(C)Oc1ccccc1C(O)CC1CCC1. The summed E-state index contributed by atoms with van der Waals surface area (Å²) in [5.74, 6) is 1.53. The summed E-state index contributed by atoms with van der Waals surface area (Å²) in [4.78, 5) is 0. The van der Waals surface area contributed by atoms with E-state index in [1.807, 2.05) is 38.1 Å². The molecule has 2 nitrogen and oxygen atoms in total. The van der Waals surface area contributed by atoms with Crippen LogP contribution in [0, 0.1) is 5.92 Å². The first kappa shape index (κ1) is 12.4. The average Bonchev–Trinajstić information content (AvgIpc) is 2.23. The lowest BCUT2D eigenvalue weighted by atomic mass is 9.80. The molecule has 0 aromatic heterocycles. The Morgan fingerprint density at radius 3 is 2.59 bits per heavy atom. The minimum absolute atomic E-state index is 0.145. The van der Waals surface area contributed by atoms with Crippen molar-refractivity contribution in [2.75, 3.05) is 0 Å². The van der Waals surface area contributed by atoms with Crippen LogP contribution in [0.15, 0.2) is 24.3 Å². The van der Waals surface area contributed by atoms with E-state index in [0.29, 0.717) is 5.92 Å². The maximum Gasteiger partial charge on any atom is 0.125 e. The number of para-hydroxylation sites is 1. The molecule has 2 heteroatoms. The van der Waals surface area contributed by atoms with Gasteiger partial charge in [0.2, 0.25) is 0 Å². The highest BCUT2D eigenvalue weighted by Gasteiger charge is 2.23. The molecular formula is C15H22O2. The number of hydrogen-bond acceptors (Lipinski definition) is 2. The Morgan fingerprint density at radius 1 is 1.29 bits per heavy atom. The van der Waals surface area contributed by atoms with E-state index in [1.165, 1.54) is 19.3 Å². The van der Waals surface area contributed by atoms with Crippen molar-refractivity contribution in [3.63, 3.8) is 0 Å². The summed E-state index contributed by atoms with van der Waals surface area (Å²) in [6, 6.07) is 7.84. The summed E-state index contributed by atoms with van der Waals surface area (Å²) in [6.07, 6.45) is 4.50. The third-order valence-corrected chi connectivity index (χ3v) is 3.42. The van der Waals surface area contributed by atoms with E-state index >= 15 is 0 Å². The Bertz CT molecular complexity index is 356. The number of rotatable bonds is 5. The van der Waals surface area contributed by atoms with Crippen LogP contribution >= 0.6 is 0 Å². The lowest BCUT2D eigenvalue weighted by Gasteiger charge is -2.28. The van der Waals surface area contributed by atoms with Crippen LogP contribution in [-0.4, -0.2) is 11.2 Å². The van der Waals surface area contributed by atoms with Crippen LogP contribution in [0.1, 0.15) is 51.2 Å². The van der Waals surface area contributed by atoms with Crippen LogP contribution in [0.3, 0.4) is 0 Å². The van der Waals surface area contributed by atoms with Gasteiger partial charge < -0.3 is 9.84 Å². The monoisotopic (exact) mass is 234 g/mol. The highest BCUT2D eigenvalue weighted by atomic mass is 16.5. The van der Waals surface area contributed by atoms with E-state index in [4.69, 9.17) is 4.74 Å². The second-order valence-corrected chi connectivity index (χ2v) is 5.25. The standard InChI is InChI=1S/C15H22O2/c1-11(2)17-15-9-4-3-8-13(15)14(16)10-12-6-5-7-12/h3-4,8-9,11-12,14,16H,5-7,10H2,1-2H3. The largest absolute Gasteiger partial charge is 0.491 e. The molecule has 0 amide bonds. The van der Waals surface area contributed by atoms with Gasteiger partial charge in [-0.3, -0.25) is 0 Å². The van der Waals surface area contributed by atoms with E-state index in [0.717, 1.165) is 17.7 Å². The molecule has 0 heterocycles. The van der Waals surface area contributed by atoms with Crippen molar-refractivity contribution in [3.8, 4) is 5.75 Å². The summed E-state index contributed by atoms with van der Waals surface area (Å²) in [6.45, 7) is 4.02. The first-order valence-electron chi connectivity index (χ1n) is 6.60. The lowest BCUT2D eigenvalue weighted by Crippen LogP contribution is -2.16. The number of ether oxygens (including phenoxy) is 1. The first-order chi connectivity index (χ1) is 8.16. The maximum absolute atomic E-state index is 10.3. The third kappa shape index (κ3) is 3.22. The van der Waals surface area contributed by atoms with Crippen LogP contribution in [0.25, 0.3) is 0 Å². The summed E-state index contributed by atoms with van der Waals surface area (Å²) >= 11 is 0. The van der Waals surface area contributed by atoms with Gasteiger partial charge in [-0.15, -0.1) is 0 Å². The Morgan fingerprint density at radius 2 is 2.00 bits per heavy atom. The molecule has 1 fully saturated rings. The normalized spacial score (nSPS) is 17.9. The minimum Gasteiger partial charge on any atom is -0.491 e. The van der Waals surface area contributed by atoms with Gasteiger partial charge in [0, 0.05) is 5.56 Å². The van der Waals surface area contributed by atoms with Crippen molar-refractivity contribution >= 4 is 0 Å². The van der Waals surface area contributed by atoms with Crippen molar-refractivity contribution in [2.24, 2.45) is 5.92 Å². The molecule has 0 aliphatic heterocycles.